The van der Waals surface area contributed by atoms with E-state index >= 15 is 0 Å². The number of rotatable bonds is 3. The molecular formula is C24H14F3N3O. The van der Waals surface area contributed by atoms with Crippen molar-refractivity contribution in [3.63, 3.8) is 0 Å². The summed E-state index contributed by atoms with van der Waals surface area (Å²) < 4.78 is 41.4. The van der Waals surface area contributed by atoms with E-state index in [1.807, 2.05) is 36.4 Å². The molecule has 0 spiro atoms. The molecule has 0 N–H and O–H groups in total. The van der Waals surface area contributed by atoms with Crippen LogP contribution in [0.15, 0.2) is 88.8 Å². The highest BCUT2D eigenvalue weighted by Crippen LogP contribution is 2.37. The molecule has 0 radical (unpaired) electrons. The van der Waals surface area contributed by atoms with Crippen molar-refractivity contribution in [3.8, 4) is 11.3 Å². The Bertz CT molecular complexity index is 1400. The standard InChI is InChI=1S/C24H14F3N3O/c1-28-22-20(24(25,26)27)14-21(18-8-3-2-4-9-18)30(23(22)31)29-15-16-11-12-17-7-5-6-10-19(17)13-16/h2-15H. The Morgan fingerprint density at radius 3 is 2.26 bits per heavy atom. The molecule has 0 bridgehead atoms. The van der Waals surface area contributed by atoms with E-state index in [0.717, 1.165) is 21.5 Å². The van der Waals surface area contributed by atoms with Crippen LogP contribution in [-0.2, 0) is 6.18 Å². The quantitative estimate of drug-likeness (QED) is 0.292. The predicted octanol–water partition coefficient (Wildman–Crippen LogP) is 6.12. The molecule has 31 heavy (non-hydrogen) atoms. The summed E-state index contributed by atoms with van der Waals surface area (Å²) in [5.41, 5.74) is -2.43. The Balaban J connectivity index is 1.92. The minimum absolute atomic E-state index is 0.0534. The lowest BCUT2D eigenvalue weighted by molar-refractivity contribution is -0.136. The van der Waals surface area contributed by atoms with Crippen LogP contribution in [0.2, 0.25) is 0 Å². The molecule has 0 atom stereocenters. The van der Waals surface area contributed by atoms with Gasteiger partial charge in [-0.2, -0.15) is 18.3 Å². The highest BCUT2D eigenvalue weighted by atomic mass is 19.4. The SMILES string of the molecule is [C-]#[N+]c1c(C(F)(F)F)cc(-c2ccccc2)n(N=Cc2ccc3ccccc3c2)c1=O. The number of hydrogen-bond donors (Lipinski definition) is 0. The molecular weight excluding hydrogens is 403 g/mol. The zero-order chi connectivity index (χ0) is 22.0. The van der Waals surface area contributed by atoms with Crippen LogP contribution in [0, 0.1) is 6.57 Å². The van der Waals surface area contributed by atoms with Crippen molar-refractivity contribution in [3.05, 3.63) is 112 Å². The number of halogens is 3. The second-order valence-corrected chi connectivity index (χ2v) is 6.74. The summed E-state index contributed by atoms with van der Waals surface area (Å²) >= 11 is 0. The first-order valence-electron chi connectivity index (χ1n) is 9.22. The van der Waals surface area contributed by atoms with Crippen molar-refractivity contribution in [1.82, 2.24) is 4.68 Å². The van der Waals surface area contributed by atoms with Gasteiger partial charge in [-0.15, -0.1) is 0 Å². The predicted molar refractivity (Wildman–Crippen MR) is 114 cm³/mol. The molecule has 0 unspecified atom stereocenters. The number of alkyl halides is 3. The lowest BCUT2D eigenvalue weighted by Gasteiger charge is -2.14. The summed E-state index contributed by atoms with van der Waals surface area (Å²) in [5.74, 6) is 0. The van der Waals surface area contributed by atoms with E-state index in [0.29, 0.717) is 11.1 Å². The summed E-state index contributed by atoms with van der Waals surface area (Å²) in [6.45, 7) is 7.12. The van der Waals surface area contributed by atoms with Crippen molar-refractivity contribution in [2.24, 2.45) is 5.10 Å². The summed E-state index contributed by atoms with van der Waals surface area (Å²) in [5, 5.41) is 6.13. The Hall–Kier alpha value is -4.18. The normalized spacial score (nSPS) is 11.7. The fourth-order valence-electron chi connectivity index (χ4n) is 3.26. The van der Waals surface area contributed by atoms with Gasteiger partial charge in [-0.3, -0.25) is 4.79 Å². The molecule has 0 saturated carbocycles. The van der Waals surface area contributed by atoms with Crippen molar-refractivity contribution in [2.75, 3.05) is 0 Å². The first kappa shape index (κ1) is 20.1. The number of benzene rings is 3. The summed E-state index contributed by atoms with van der Waals surface area (Å²) in [6, 6.07) is 22.2. The van der Waals surface area contributed by atoms with E-state index in [4.69, 9.17) is 6.57 Å². The summed E-state index contributed by atoms with van der Waals surface area (Å²) in [7, 11) is 0. The molecule has 0 amide bonds. The number of hydrogen-bond acceptors (Lipinski definition) is 2. The number of pyridine rings is 1. The van der Waals surface area contributed by atoms with Crippen molar-refractivity contribution < 1.29 is 13.2 Å². The molecule has 0 aliphatic heterocycles. The van der Waals surface area contributed by atoms with E-state index in [9.17, 15) is 18.0 Å². The molecule has 152 valence electrons. The van der Waals surface area contributed by atoms with Gasteiger partial charge >= 0.3 is 6.18 Å². The van der Waals surface area contributed by atoms with Crippen molar-refractivity contribution in [2.45, 2.75) is 6.18 Å². The Morgan fingerprint density at radius 2 is 1.58 bits per heavy atom. The van der Waals surface area contributed by atoms with Gasteiger partial charge in [0.15, 0.2) is 0 Å². The number of aromatic nitrogens is 1. The molecule has 0 aliphatic carbocycles. The van der Waals surface area contributed by atoms with Crippen LogP contribution in [0.4, 0.5) is 18.9 Å². The lowest BCUT2D eigenvalue weighted by atomic mass is 10.1. The van der Waals surface area contributed by atoms with E-state index in [2.05, 4.69) is 9.95 Å². The third kappa shape index (κ3) is 3.96. The first-order chi connectivity index (χ1) is 14.9. The molecule has 0 saturated heterocycles. The van der Waals surface area contributed by atoms with Crippen LogP contribution in [0.3, 0.4) is 0 Å². The third-order valence-corrected chi connectivity index (χ3v) is 4.74. The molecule has 3 aromatic carbocycles. The Kier molecular flexibility index (Phi) is 5.14. The van der Waals surface area contributed by atoms with Crippen molar-refractivity contribution in [1.29, 1.82) is 0 Å². The third-order valence-electron chi connectivity index (χ3n) is 4.74. The zero-order valence-corrected chi connectivity index (χ0v) is 16.0. The Morgan fingerprint density at radius 1 is 0.903 bits per heavy atom. The van der Waals surface area contributed by atoms with Crippen LogP contribution >= 0.6 is 0 Å². The van der Waals surface area contributed by atoms with Gasteiger partial charge in [0.2, 0.25) is 0 Å². The summed E-state index contributed by atoms with van der Waals surface area (Å²) in [6.07, 6.45) is -3.45. The van der Waals surface area contributed by atoms with Crippen LogP contribution < -0.4 is 5.56 Å². The average Bonchev–Trinajstić information content (AvgIpc) is 2.77. The van der Waals surface area contributed by atoms with E-state index in [1.165, 1.54) is 6.21 Å². The second kappa shape index (κ2) is 7.92. The van der Waals surface area contributed by atoms with Crippen molar-refractivity contribution >= 4 is 22.7 Å². The van der Waals surface area contributed by atoms with Crippen LogP contribution in [0.5, 0.6) is 0 Å². The highest BCUT2D eigenvalue weighted by molar-refractivity contribution is 5.90. The smallest absolute Gasteiger partial charge is 0.281 e. The average molecular weight is 417 g/mol. The van der Waals surface area contributed by atoms with Crippen LogP contribution in [0.25, 0.3) is 26.9 Å². The molecule has 1 heterocycles. The topological polar surface area (TPSA) is 38.7 Å². The van der Waals surface area contributed by atoms with Gasteiger partial charge in [-0.1, -0.05) is 66.7 Å². The first-order valence-corrected chi connectivity index (χ1v) is 9.22. The lowest BCUT2D eigenvalue weighted by Crippen LogP contribution is -2.22. The zero-order valence-electron chi connectivity index (χ0n) is 16.0. The molecule has 4 nitrogen and oxygen atoms in total. The molecule has 0 fully saturated rings. The molecule has 4 aromatic rings. The minimum atomic E-state index is -4.84. The number of fused-ring (bicyclic) bond motifs is 1. The fraction of sp³-hybridized carbons (Fsp3) is 0.0417. The van der Waals surface area contributed by atoms with Gasteiger partial charge < -0.3 is 0 Å². The number of nitrogens with zero attached hydrogens (tertiary/aromatic N) is 3. The van der Waals surface area contributed by atoms with E-state index < -0.39 is 23.0 Å². The Labute approximate surface area is 175 Å². The van der Waals surface area contributed by atoms with Crippen LogP contribution in [-0.4, -0.2) is 10.9 Å². The van der Waals surface area contributed by atoms with Gasteiger partial charge in [0.25, 0.3) is 11.2 Å². The van der Waals surface area contributed by atoms with Gasteiger partial charge in [0.1, 0.15) is 0 Å². The fourth-order valence-corrected chi connectivity index (χ4v) is 3.26. The van der Waals surface area contributed by atoms with Gasteiger partial charge in [-0.05, 0) is 28.5 Å². The minimum Gasteiger partial charge on any atom is -0.281 e. The monoisotopic (exact) mass is 417 g/mol. The molecule has 0 aliphatic rings. The van der Waals surface area contributed by atoms with Gasteiger partial charge in [0.05, 0.1) is 24.0 Å². The summed E-state index contributed by atoms with van der Waals surface area (Å²) in [4.78, 5) is 15.7. The van der Waals surface area contributed by atoms with E-state index in [-0.39, 0.29) is 5.69 Å². The van der Waals surface area contributed by atoms with Gasteiger partial charge in [0, 0.05) is 5.56 Å². The highest BCUT2D eigenvalue weighted by Gasteiger charge is 2.36. The maximum Gasteiger partial charge on any atom is 0.407 e. The molecule has 7 heteroatoms. The second-order valence-electron chi connectivity index (χ2n) is 6.74. The maximum absolute atomic E-state index is 13.5. The molecule has 4 rings (SSSR count). The van der Waals surface area contributed by atoms with Crippen LogP contribution in [0.1, 0.15) is 11.1 Å². The maximum atomic E-state index is 13.5. The largest absolute Gasteiger partial charge is 0.407 e. The molecule has 1 aromatic heterocycles. The van der Waals surface area contributed by atoms with E-state index in [1.54, 1.807) is 36.4 Å². The van der Waals surface area contributed by atoms with Gasteiger partial charge in [-0.25, -0.2) is 9.52 Å².